The molecule has 0 bridgehead atoms. The molecule has 0 saturated carbocycles. The van der Waals surface area contributed by atoms with Gasteiger partial charge in [0, 0.05) is 0 Å². The number of hydrogen-bond acceptors (Lipinski definition) is 4. The Labute approximate surface area is 98.0 Å². The smallest absolute Gasteiger partial charge is 0.157 e. The van der Waals surface area contributed by atoms with Crippen molar-refractivity contribution in [2.45, 2.75) is 52.6 Å². The zero-order chi connectivity index (χ0) is 12.6. The van der Waals surface area contributed by atoms with Gasteiger partial charge in [0.1, 0.15) is 0 Å². The van der Waals surface area contributed by atoms with E-state index < -0.39 is 12.1 Å². The molecule has 0 aliphatic rings. The van der Waals surface area contributed by atoms with Gasteiger partial charge in [-0.3, -0.25) is 0 Å². The van der Waals surface area contributed by atoms with Crippen LogP contribution in [0.1, 0.15) is 40.5 Å². The Morgan fingerprint density at radius 3 is 1.31 bits per heavy atom. The van der Waals surface area contributed by atoms with E-state index in [1.54, 1.807) is 0 Å². The second-order valence-electron chi connectivity index (χ2n) is 4.78. The summed E-state index contributed by atoms with van der Waals surface area (Å²) in [4.78, 5) is 0. The van der Waals surface area contributed by atoms with E-state index in [2.05, 4.69) is 22.4 Å². The highest BCUT2D eigenvalue weighted by atomic mass is 15.1. The van der Waals surface area contributed by atoms with Gasteiger partial charge >= 0.3 is 0 Å². The Bertz CT molecular complexity index is 263. The molecular formula is C12H20N4. The maximum absolute atomic E-state index is 8.86. The lowest BCUT2D eigenvalue weighted by molar-refractivity contribution is 0.505. The molecule has 0 aromatic heterocycles. The van der Waals surface area contributed by atoms with Crippen LogP contribution in [0.15, 0.2) is 10.2 Å². The fraction of sp³-hybridized carbons (Fsp3) is 0.833. The van der Waals surface area contributed by atoms with Crippen LogP contribution in [0.2, 0.25) is 0 Å². The maximum Gasteiger partial charge on any atom is 0.157 e. The molecule has 16 heavy (non-hydrogen) atoms. The van der Waals surface area contributed by atoms with E-state index in [1.807, 2.05) is 27.7 Å². The zero-order valence-corrected chi connectivity index (χ0v) is 10.5. The molecule has 0 radical (unpaired) electrons. The molecule has 0 N–H and O–H groups in total. The van der Waals surface area contributed by atoms with E-state index in [9.17, 15) is 0 Å². The predicted molar refractivity (Wildman–Crippen MR) is 62.6 cm³/mol. The molecule has 0 aliphatic carbocycles. The molecule has 0 amide bonds. The first-order valence-electron chi connectivity index (χ1n) is 5.68. The van der Waals surface area contributed by atoms with Crippen LogP contribution < -0.4 is 0 Å². The van der Waals surface area contributed by atoms with E-state index in [0.29, 0.717) is 24.7 Å². The van der Waals surface area contributed by atoms with Crippen LogP contribution in [0.25, 0.3) is 0 Å². The van der Waals surface area contributed by atoms with Crippen molar-refractivity contribution in [3.05, 3.63) is 0 Å². The van der Waals surface area contributed by atoms with Crippen LogP contribution >= 0.6 is 0 Å². The van der Waals surface area contributed by atoms with E-state index >= 15 is 0 Å². The molecule has 0 aromatic carbocycles. The van der Waals surface area contributed by atoms with Crippen molar-refractivity contribution in [3.63, 3.8) is 0 Å². The van der Waals surface area contributed by atoms with Gasteiger partial charge in [0.15, 0.2) is 12.1 Å². The predicted octanol–water partition coefficient (Wildman–Crippen LogP) is 3.32. The Morgan fingerprint density at radius 1 is 0.812 bits per heavy atom. The molecule has 0 aromatic rings. The van der Waals surface area contributed by atoms with Crippen LogP contribution in [0, 0.1) is 34.5 Å². The highest BCUT2D eigenvalue weighted by molar-refractivity contribution is 4.93. The third-order valence-electron chi connectivity index (χ3n) is 2.03. The summed E-state index contributed by atoms with van der Waals surface area (Å²) in [7, 11) is 0. The van der Waals surface area contributed by atoms with Gasteiger partial charge in [0.05, 0.1) is 12.1 Å². The van der Waals surface area contributed by atoms with E-state index in [0.717, 1.165) is 0 Å². The SMILES string of the molecule is CC(C)CC(C#N)N=NC(C#N)CC(C)C. The summed E-state index contributed by atoms with van der Waals surface area (Å²) in [6.45, 7) is 8.15. The van der Waals surface area contributed by atoms with Crippen molar-refractivity contribution in [1.82, 2.24) is 0 Å². The van der Waals surface area contributed by atoms with Crippen molar-refractivity contribution in [2.75, 3.05) is 0 Å². The lowest BCUT2D eigenvalue weighted by Gasteiger charge is -2.08. The highest BCUT2D eigenvalue weighted by Gasteiger charge is 2.11. The van der Waals surface area contributed by atoms with Gasteiger partial charge in [-0.15, -0.1) is 0 Å². The van der Waals surface area contributed by atoms with Crippen molar-refractivity contribution in [3.8, 4) is 12.1 Å². The molecule has 0 saturated heterocycles. The monoisotopic (exact) mass is 220 g/mol. The third kappa shape index (κ3) is 6.95. The standard InChI is InChI=1S/C12H20N4/c1-9(2)5-11(7-13)15-16-12(8-14)6-10(3)4/h9-12H,5-6H2,1-4H3. The largest absolute Gasteiger partial charge is 0.196 e. The second kappa shape index (κ2) is 7.82. The molecule has 2 unspecified atom stereocenters. The van der Waals surface area contributed by atoms with E-state index in [4.69, 9.17) is 10.5 Å². The fourth-order valence-corrected chi connectivity index (χ4v) is 1.31. The van der Waals surface area contributed by atoms with Gasteiger partial charge in [0.2, 0.25) is 0 Å². The normalized spacial score (nSPS) is 15.0. The quantitative estimate of drug-likeness (QED) is 0.644. The number of rotatable bonds is 6. The van der Waals surface area contributed by atoms with Crippen LogP contribution in [-0.2, 0) is 0 Å². The van der Waals surface area contributed by atoms with Gasteiger partial charge in [-0.2, -0.15) is 20.8 Å². The minimum atomic E-state index is -0.414. The first-order valence-corrected chi connectivity index (χ1v) is 5.68. The molecular weight excluding hydrogens is 200 g/mol. The molecule has 0 fully saturated rings. The maximum atomic E-state index is 8.86. The summed E-state index contributed by atoms with van der Waals surface area (Å²) >= 11 is 0. The summed E-state index contributed by atoms with van der Waals surface area (Å²) in [6, 6.07) is 3.36. The van der Waals surface area contributed by atoms with Gasteiger partial charge < -0.3 is 0 Å². The molecule has 0 rings (SSSR count). The Kier molecular flexibility index (Phi) is 7.12. The second-order valence-corrected chi connectivity index (χ2v) is 4.78. The number of nitrogens with zero attached hydrogens (tertiary/aromatic N) is 4. The molecule has 0 heterocycles. The third-order valence-corrected chi connectivity index (χ3v) is 2.03. The minimum absolute atomic E-state index is 0.411. The summed E-state index contributed by atoms with van der Waals surface area (Å²) in [5, 5.41) is 25.6. The van der Waals surface area contributed by atoms with Crippen LogP contribution in [0.5, 0.6) is 0 Å². The minimum Gasteiger partial charge on any atom is -0.196 e. The van der Waals surface area contributed by atoms with Gasteiger partial charge in [-0.25, -0.2) is 0 Å². The highest BCUT2D eigenvalue weighted by Crippen LogP contribution is 2.11. The van der Waals surface area contributed by atoms with Crippen LogP contribution in [0.4, 0.5) is 0 Å². The molecule has 0 aliphatic heterocycles. The zero-order valence-electron chi connectivity index (χ0n) is 10.5. The number of azo groups is 1. The lowest BCUT2D eigenvalue weighted by Crippen LogP contribution is -2.08. The van der Waals surface area contributed by atoms with E-state index in [-0.39, 0.29) is 0 Å². The summed E-state index contributed by atoms with van der Waals surface area (Å²) in [6.07, 6.45) is 1.39. The Hall–Kier alpha value is -1.42. The van der Waals surface area contributed by atoms with E-state index in [1.165, 1.54) is 0 Å². The lowest BCUT2D eigenvalue weighted by atomic mass is 10.1. The van der Waals surface area contributed by atoms with Crippen LogP contribution in [-0.4, -0.2) is 12.1 Å². The summed E-state index contributed by atoms with van der Waals surface area (Å²) in [5.74, 6) is 0.823. The van der Waals surface area contributed by atoms with Gasteiger partial charge in [-0.1, -0.05) is 27.7 Å². The van der Waals surface area contributed by atoms with Crippen LogP contribution in [0.3, 0.4) is 0 Å². The van der Waals surface area contributed by atoms with Gasteiger partial charge in [-0.05, 0) is 24.7 Å². The number of hydrogen-bond donors (Lipinski definition) is 0. The molecule has 88 valence electrons. The van der Waals surface area contributed by atoms with Gasteiger partial charge in [0.25, 0.3) is 0 Å². The number of nitriles is 2. The van der Waals surface area contributed by atoms with Crippen molar-refractivity contribution in [1.29, 1.82) is 10.5 Å². The van der Waals surface area contributed by atoms with Crippen molar-refractivity contribution < 1.29 is 0 Å². The first-order chi connectivity index (χ1) is 7.49. The fourth-order valence-electron chi connectivity index (χ4n) is 1.31. The van der Waals surface area contributed by atoms with Crippen molar-refractivity contribution >= 4 is 0 Å². The van der Waals surface area contributed by atoms with Crippen molar-refractivity contribution in [2.24, 2.45) is 22.1 Å². The Morgan fingerprint density at radius 2 is 1.12 bits per heavy atom. The average Bonchev–Trinajstić information content (AvgIpc) is 2.20. The topological polar surface area (TPSA) is 72.3 Å². The summed E-state index contributed by atoms with van der Waals surface area (Å²) in [5.41, 5.74) is 0. The molecule has 0 spiro atoms. The molecule has 2 atom stereocenters. The Balaban J connectivity index is 4.31. The average molecular weight is 220 g/mol. The molecule has 4 nitrogen and oxygen atoms in total. The molecule has 4 heteroatoms. The summed E-state index contributed by atoms with van der Waals surface area (Å²) < 4.78 is 0. The first kappa shape index (κ1) is 14.6.